The van der Waals surface area contributed by atoms with E-state index in [9.17, 15) is 0 Å². The first kappa shape index (κ1) is 23.0. The quantitative estimate of drug-likeness (QED) is 0.409. The lowest BCUT2D eigenvalue weighted by Crippen LogP contribution is -2.26. The van der Waals surface area contributed by atoms with Crippen LogP contribution in [0.25, 0.3) is 0 Å². The van der Waals surface area contributed by atoms with Crippen LogP contribution in [0.15, 0.2) is 48.5 Å². The van der Waals surface area contributed by atoms with Gasteiger partial charge < -0.3 is 15.5 Å². The van der Waals surface area contributed by atoms with Crippen molar-refractivity contribution in [1.82, 2.24) is 15.0 Å². The summed E-state index contributed by atoms with van der Waals surface area (Å²) >= 11 is 0. The fraction of sp³-hybridized carbons (Fsp3) is 0.444. The van der Waals surface area contributed by atoms with Crippen LogP contribution in [0.4, 0.5) is 29.2 Å². The highest BCUT2D eigenvalue weighted by Crippen LogP contribution is 2.24. The number of hydrogen-bond acceptors (Lipinski definition) is 6. The van der Waals surface area contributed by atoms with E-state index < -0.39 is 0 Å². The average Bonchev–Trinajstić information content (AvgIpc) is 3.09. The zero-order valence-corrected chi connectivity index (χ0v) is 20.3. The second-order valence-electron chi connectivity index (χ2n) is 9.49. The van der Waals surface area contributed by atoms with Crippen LogP contribution in [0.3, 0.4) is 0 Å². The second-order valence-corrected chi connectivity index (χ2v) is 9.49. The molecule has 0 atom stereocenters. The van der Waals surface area contributed by atoms with Gasteiger partial charge in [-0.3, -0.25) is 0 Å². The van der Waals surface area contributed by atoms with E-state index in [2.05, 4.69) is 96.7 Å². The predicted octanol–water partition coefficient (Wildman–Crippen LogP) is 6.99. The van der Waals surface area contributed by atoms with Gasteiger partial charge in [-0.25, -0.2) is 0 Å². The van der Waals surface area contributed by atoms with E-state index in [1.165, 1.54) is 36.8 Å². The van der Waals surface area contributed by atoms with E-state index in [1.54, 1.807) is 0 Å². The molecule has 174 valence electrons. The lowest BCUT2D eigenvalue weighted by Gasteiger charge is -2.21. The first-order valence-electron chi connectivity index (χ1n) is 12.2. The molecule has 2 aromatic carbocycles. The molecule has 4 rings (SSSR count). The Morgan fingerprint density at radius 3 is 1.42 bits per heavy atom. The molecule has 0 radical (unpaired) electrons. The molecular formula is C27H36N6. The van der Waals surface area contributed by atoms with E-state index >= 15 is 0 Å². The molecule has 0 bridgehead atoms. The molecule has 6 heteroatoms. The zero-order chi connectivity index (χ0) is 23.2. The maximum atomic E-state index is 4.78. The van der Waals surface area contributed by atoms with Crippen LogP contribution < -0.4 is 15.5 Å². The lowest BCUT2D eigenvalue weighted by molar-refractivity contribution is 0.726. The minimum atomic E-state index is 0.503. The average molecular weight is 445 g/mol. The summed E-state index contributed by atoms with van der Waals surface area (Å²) < 4.78 is 0. The summed E-state index contributed by atoms with van der Waals surface area (Å²) in [6.07, 6.45) is 4.87. The molecule has 1 saturated heterocycles. The van der Waals surface area contributed by atoms with Crippen LogP contribution in [-0.4, -0.2) is 28.0 Å². The number of hydrogen-bond donors (Lipinski definition) is 2. The van der Waals surface area contributed by atoms with Gasteiger partial charge in [-0.1, -0.05) is 64.8 Å². The third-order valence-corrected chi connectivity index (χ3v) is 6.18. The molecule has 1 fully saturated rings. The molecule has 0 unspecified atom stereocenters. The molecule has 1 aliphatic heterocycles. The van der Waals surface area contributed by atoms with Crippen molar-refractivity contribution in [3.63, 3.8) is 0 Å². The largest absolute Gasteiger partial charge is 0.341 e. The van der Waals surface area contributed by atoms with Gasteiger partial charge in [0.25, 0.3) is 0 Å². The molecule has 0 amide bonds. The second kappa shape index (κ2) is 10.6. The van der Waals surface area contributed by atoms with Gasteiger partial charge in [0.2, 0.25) is 17.8 Å². The van der Waals surface area contributed by atoms with E-state index in [0.717, 1.165) is 30.4 Å². The van der Waals surface area contributed by atoms with Crippen molar-refractivity contribution in [1.29, 1.82) is 0 Å². The Balaban J connectivity index is 1.60. The van der Waals surface area contributed by atoms with Crippen molar-refractivity contribution in [3.05, 3.63) is 59.7 Å². The topological polar surface area (TPSA) is 66.0 Å². The summed E-state index contributed by atoms with van der Waals surface area (Å²) in [5.74, 6) is 2.85. The standard InChI is InChI=1S/C27H36N6/c1-19(2)21-9-13-23(14-10-21)28-25-30-26(29-24-15-11-22(12-16-24)20(3)4)32-27(31-25)33-17-7-5-6-8-18-33/h9-16,19-20H,5-8,17-18H2,1-4H3,(H2,28,29,30,31,32). The van der Waals surface area contributed by atoms with Gasteiger partial charge in [-0.05, 0) is 60.1 Å². The Bertz CT molecular complexity index is 948. The van der Waals surface area contributed by atoms with Crippen molar-refractivity contribution in [2.24, 2.45) is 0 Å². The minimum absolute atomic E-state index is 0.503. The zero-order valence-electron chi connectivity index (χ0n) is 20.3. The highest BCUT2D eigenvalue weighted by molar-refractivity contribution is 5.60. The van der Waals surface area contributed by atoms with Gasteiger partial charge in [0, 0.05) is 24.5 Å². The normalized spacial score (nSPS) is 14.4. The molecule has 33 heavy (non-hydrogen) atoms. The van der Waals surface area contributed by atoms with Crippen molar-refractivity contribution in [2.75, 3.05) is 28.6 Å². The summed E-state index contributed by atoms with van der Waals surface area (Å²) in [5, 5.41) is 6.77. The molecule has 6 nitrogen and oxygen atoms in total. The Kier molecular flexibility index (Phi) is 7.43. The van der Waals surface area contributed by atoms with Crippen molar-refractivity contribution in [3.8, 4) is 0 Å². The maximum Gasteiger partial charge on any atom is 0.233 e. The van der Waals surface area contributed by atoms with Gasteiger partial charge in [0.1, 0.15) is 0 Å². The van der Waals surface area contributed by atoms with E-state index in [0.29, 0.717) is 23.7 Å². The van der Waals surface area contributed by atoms with Gasteiger partial charge >= 0.3 is 0 Å². The minimum Gasteiger partial charge on any atom is -0.341 e. The first-order chi connectivity index (χ1) is 16.0. The highest BCUT2D eigenvalue weighted by atomic mass is 15.3. The molecular weight excluding hydrogens is 408 g/mol. The SMILES string of the molecule is CC(C)c1ccc(Nc2nc(Nc3ccc(C(C)C)cc3)nc(N3CCCCCC3)n2)cc1. The Hall–Kier alpha value is -3.15. The first-order valence-corrected chi connectivity index (χ1v) is 12.2. The molecule has 1 aliphatic rings. The van der Waals surface area contributed by atoms with Crippen LogP contribution in [0.1, 0.15) is 76.3 Å². The van der Waals surface area contributed by atoms with Crippen LogP contribution in [-0.2, 0) is 0 Å². The van der Waals surface area contributed by atoms with E-state index in [-0.39, 0.29) is 0 Å². The molecule has 1 aromatic heterocycles. The van der Waals surface area contributed by atoms with Crippen molar-refractivity contribution < 1.29 is 0 Å². The van der Waals surface area contributed by atoms with Gasteiger partial charge in [-0.2, -0.15) is 15.0 Å². The predicted molar refractivity (Wildman–Crippen MR) is 138 cm³/mol. The Morgan fingerprint density at radius 2 is 1.03 bits per heavy atom. The van der Waals surface area contributed by atoms with Crippen LogP contribution >= 0.6 is 0 Å². The molecule has 3 aromatic rings. The van der Waals surface area contributed by atoms with Gasteiger partial charge in [-0.15, -0.1) is 0 Å². The third kappa shape index (κ3) is 6.21. The summed E-state index contributed by atoms with van der Waals surface area (Å²) in [6.45, 7) is 10.8. The fourth-order valence-electron chi connectivity index (χ4n) is 4.05. The molecule has 2 heterocycles. The number of nitrogens with one attached hydrogen (secondary N) is 2. The smallest absolute Gasteiger partial charge is 0.233 e. The number of benzene rings is 2. The molecule has 2 N–H and O–H groups in total. The highest BCUT2D eigenvalue weighted by Gasteiger charge is 2.16. The van der Waals surface area contributed by atoms with Crippen LogP contribution in [0, 0.1) is 0 Å². The molecule has 0 saturated carbocycles. The van der Waals surface area contributed by atoms with Gasteiger partial charge in [0.05, 0.1) is 0 Å². The molecule has 0 spiro atoms. The number of rotatable bonds is 7. The Labute approximate surface area is 197 Å². The summed E-state index contributed by atoms with van der Waals surface area (Å²) in [4.78, 5) is 16.5. The van der Waals surface area contributed by atoms with E-state index in [4.69, 9.17) is 9.97 Å². The monoisotopic (exact) mass is 444 g/mol. The number of anilines is 5. The van der Waals surface area contributed by atoms with Crippen LogP contribution in [0.5, 0.6) is 0 Å². The molecule has 0 aliphatic carbocycles. The van der Waals surface area contributed by atoms with Crippen LogP contribution in [0.2, 0.25) is 0 Å². The lowest BCUT2D eigenvalue weighted by atomic mass is 10.0. The fourth-order valence-corrected chi connectivity index (χ4v) is 4.05. The number of nitrogens with zero attached hydrogens (tertiary/aromatic N) is 4. The summed E-state index contributed by atoms with van der Waals surface area (Å²) in [6, 6.07) is 17.0. The van der Waals surface area contributed by atoms with Crippen molar-refractivity contribution in [2.45, 2.75) is 65.2 Å². The van der Waals surface area contributed by atoms with Crippen molar-refractivity contribution >= 4 is 29.2 Å². The number of aromatic nitrogens is 3. The van der Waals surface area contributed by atoms with E-state index in [1.807, 2.05) is 0 Å². The third-order valence-electron chi connectivity index (χ3n) is 6.18. The summed E-state index contributed by atoms with van der Waals surface area (Å²) in [5.41, 5.74) is 4.57. The van der Waals surface area contributed by atoms with Gasteiger partial charge in [0.15, 0.2) is 0 Å². The maximum absolute atomic E-state index is 4.78. The Morgan fingerprint density at radius 1 is 0.606 bits per heavy atom. The summed E-state index contributed by atoms with van der Waals surface area (Å²) in [7, 11) is 0.